The standard InChI is InChI=1S/C10H11NO5/c1-6(12)15-10(16-7(2)13)8-4-3-5-11-9(8)14/h3-5,10H,1-2H3,(H,11,14). The Kier molecular flexibility index (Phi) is 3.82. The molecule has 0 aromatic carbocycles. The Labute approximate surface area is 91.2 Å². The first-order chi connectivity index (χ1) is 7.50. The highest BCUT2D eigenvalue weighted by atomic mass is 16.7. The van der Waals surface area contributed by atoms with Gasteiger partial charge in [-0.05, 0) is 12.1 Å². The van der Waals surface area contributed by atoms with Crippen molar-refractivity contribution in [2.75, 3.05) is 0 Å². The zero-order valence-corrected chi connectivity index (χ0v) is 8.85. The average molecular weight is 225 g/mol. The molecule has 0 aliphatic heterocycles. The largest absolute Gasteiger partial charge is 0.421 e. The van der Waals surface area contributed by atoms with Gasteiger partial charge in [0.15, 0.2) is 0 Å². The summed E-state index contributed by atoms with van der Waals surface area (Å²) in [5.74, 6) is -1.29. The Bertz CT molecular complexity index is 435. The normalized spacial score (nSPS) is 9.94. The predicted molar refractivity (Wildman–Crippen MR) is 53.3 cm³/mol. The number of pyridine rings is 1. The Hall–Kier alpha value is -2.11. The first kappa shape index (κ1) is 12.0. The van der Waals surface area contributed by atoms with Crippen molar-refractivity contribution in [2.24, 2.45) is 0 Å². The molecule has 0 spiro atoms. The summed E-state index contributed by atoms with van der Waals surface area (Å²) in [7, 11) is 0. The summed E-state index contributed by atoms with van der Waals surface area (Å²) in [6, 6.07) is 2.95. The van der Waals surface area contributed by atoms with Gasteiger partial charge in [0.2, 0.25) is 0 Å². The third-order valence-corrected chi connectivity index (χ3v) is 1.65. The van der Waals surface area contributed by atoms with E-state index in [0.29, 0.717) is 0 Å². The number of rotatable bonds is 3. The fourth-order valence-corrected chi connectivity index (χ4v) is 1.07. The first-order valence-corrected chi connectivity index (χ1v) is 4.52. The topological polar surface area (TPSA) is 85.5 Å². The summed E-state index contributed by atoms with van der Waals surface area (Å²) < 4.78 is 9.45. The number of carbonyl (C=O) groups is 2. The number of H-pyrrole nitrogens is 1. The van der Waals surface area contributed by atoms with Gasteiger partial charge in [0, 0.05) is 20.0 Å². The molecule has 0 saturated heterocycles. The third-order valence-electron chi connectivity index (χ3n) is 1.65. The fourth-order valence-electron chi connectivity index (χ4n) is 1.07. The molecule has 0 aliphatic carbocycles. The maximum atomic E-state index is 11.4. The van der Waals surface area contributed by atoms with Crippen molar-refractivity contribution < 1.29 is 19.1 Å². The van der Waals surface area contributed by atoms with E-state index < -0.39 is 23.8 Å². The molecule has 1 aromatic heterocycles. The van der Waals surface area contributed by atoms with E-state index in [-0.39, 0.29) is 5.56 Å². The van der Waals surface area contributed by atoms with Crippen LogP contribution in [0.5, 0.6) is 0 Å². The molecule has 0 radical (unpaired) electrons. The highest BCUT2D eigenvalue weighted by Gasteiger charge is 2.20. The lowest BCUT2D eigenvalue weighted by atomic mass is 10.2. The van der Waals surface area contributed by atoms with E-state index in [1.165, 1.54) is 18.3 Å². The third kappa shape index (κ3) is 3.23. The van der Waals surface area contributed by atoms with Gasteiger partial charge in [-0.25, -0.2) is 0 Å². The van der Waals surface area contributed by atoms with Crippen molar-refractivity contribution in [3.05, 3.63) is 34.2 Å². The molecule has 16 heavy (non-hydrogen) atoms. The Morgan fingerprint density at radius 1 is 1.25 bits per heavy atom. The molecular formula is C10H11NO5. The van der Waals surface area contributed by atoms with Gasteiger partial charge in [-0.1, -0.05) is 0 Å². The molecule has 86 valence electrons. The van der Waals surface area contributed by atoms with Crippen LogP contribution in [0.2, 0.25) is 0 Å². The van der Waals surface area contributed by atoms with Crippen LogP contribution in [0.1, 0.15) is 25.7 Å². The van der Waals surface area contributed by atoms with Gasteiger partial charge in [0.05, 0.1) is 5.56 Å². The molecule has 0 saturated carbocycles. The molecule has 6 heteroatoms. The summed E-state index contributed by atoms with van der Waals surface area (Å²) in [5, 5.41) is 0. The quantitative estimate of drug-likeness (QED) is 0.598. The van der Waals surface area contributed by atoms with Gasteiger partial charge < -0.3 is 14.5 Å². The van der Waals surface area contributed by atoms with Gasteiger partial charge in [-0.2, -0.15) is 0 Å². The van der Waals surface area contributed by atoms with E-state index in [2.05, 4.69) is 4.98 Å². The summed E-state index contributed by atoms with van der Waals surface area (Å²) in [5.41, 5.74) is -0.414. The van der Waals surface area contributed by atoms with Crippen molar-refractivity contribution in [2.45, 2.75) is 20.1 Å². The highest BCUT2D eigenvalue weighted by molar-refractivity contribution is 5.68. The molecule has 1 heterocycles. The predicted octanol–water partition coefficient (Wildman–Crippen LogP) is 0.500. The monoisotopic (exact) mass is 225 g/mol. The molecule has 0 fully saturated rings. The molecule has 1 N–H and O–H groups in total. The Morgan fingerprint density at radius 3 is 2.25 bits per heavy atom. The molecule has 1 rings (SSSR count). The van der Waals surface area contributed by atoms with Crippen LogP contribution in [0.15, 0.2) is 23.1 Å². The number of aromatic amines is 1. The summed E-state index contributed by atoms with van der Waals surface area (Å²) in [4.78, 5) is 35.4. The minimum Gasteiger partial charge on any atom is -0.421 e. The zero-order chi connectivity index (χ0) is 12.1. The molecule has 0 bridgehead atoms. The maximum absolute atomic E-state index is 11.4. The van der Waals surface area contributed by atoms with Crippen molar-refractivity contribution in [3.8, 4) is 0 Å². The van der Waals surface area contributed by atoms with Crippen molar-refractivity contribution in [3.63, 3.8) is 0 Å². The lowest BCUT2D eigenvalue weighted by Gasteiger charge is -2.15. The van der Waals surface area contributed by atoms with E-state index in [9.17, 15) is 14.4 Å². The number of ether oxygens (including phenoxy) is 2. The van der Waals surface area contributed by atoms with Crippen molar-refractivity contribution in [1.29, 1.82) is 0 Å². The SMILES string of the molecule is CC(=O)OC(OC(C)=O)c1ccc[nH]c1=O. The van der Waals surface area contributed by atoms with E-state index in [1.54, 1.807) is 0 Å². The van der Waals surface area contributed by atoms with Gasteiger partial charge in [0.25, 0.3) is 11.8 Å². The first-order valence-electron chi connectivity index (χ1n) is 4.52. The number of hydrogen-bond donors (Lipinski definition) is 1. The minimum absolute atomic E-state index is 0.0629. The van der Waals surface area contributed by atoms with Crippen LogP contribution in [0, 0.1) is 0 Å². The molecule has 0 atom stereocenters. The average Bonchev–Trinajstić information content (AvgIpc) is 2.15. The Morgan fingerprint density at radius 2 is 1.81 bits per heavy atom. The molecule has 0 aliphatic rings. The number of hydrogen-bond acceptors (Lipinski definition) is 5. The van der Waals surface area contributed by atoms with Crippen LogP contribution < -0.4 is 5.56 Å². The highest BCUT2D eigenvalue weighted by Crippen LogP contribution is 2.15. The van der Waals surface area contributed by atoms with Gasteiger partial charge >= 0.3 is 11.9 Å². The van der Waals surface area contributed by atoms with E-state index in [4.69, 9.17) is 9.47 Å². The molecule has 0 unspecified atom stereocenters. The van der Waals surface area contributed by atoms with Gasteiger partial charge in [-0.3, -0.25) is 14.4 Å². The van der Waals surface area contributed by atoms with Crippen LogP contribution in [0.25, 0.3) is 0 Å². The van der Waals surface area contributed by atoms with Crippen LogP contribution in [-0.2, 0) is 19.1 Å². The molecule has 6 nitrogen and oxygen atoms in total. The van der Waals surface area contributed by atoms with Gasteiger partial charge in [0.1, 0.15) is 0 Å². The van der Waals surface area contributed by atoms with Crippen LogP contribution >= 0.6 is 0 Å². The van der Waals surface area contributed by atoms with E-state index in [0.717, 1.165) is 13.8 Å². The van der Waals surface area contributed by atoms with E-state index in [1.807, 2.05) is 0 Å². The smallest absolute Gasteiger partial charge is 0.305 e. The molecule has 1 aromatic rings. The number of nitrogens with one attached hydrogen (secondary N) is 1. The maximum Gasteiger partial charge on any atom is 0.305 e. The van der Waals surface area contributed by atoms with Crippen LogP contribution in [0.4, 0.5) is 0 Å². The number of carbonyl (C=O) groups excluding carboxylic acids is 2. The second kappa shape index (κ2) is 5.11. The zero-order valence-electron chi connectivity index (χ0n) is 8.85. The van der Waals surface area contributed by atoms with E-state index >= 15 is 0 Å². The van der Waals surface area contributed by atoms with Gasteiger partial charge in [-0.15, -0.1) is 0 Å². The Balaban J connectivity index is 3.00. The summed E-state index contributed by atoms with van der Waals surface area (Å²) in [6.45, 7) is 2.32. The second-order valence-electron chi connectivity index (χ2n) is 3.01. The summed E-state index contributed by atoms with van der Waals surface area (Å²) >= 11 is 0. The lowest BCUT2D eigenvalue weighted by Crippen LogP contribution is -2.22. The number of esters is 2. The minimum atomic E-state index is -1.31. The van der Waals surface area contributed by atoms with Crippen molar-refractivity contribution >= 4 is 11.9 Å². The van der Waals surface area contributed by atoms with Crippen molar-refractivity contribution in [1.82, 2.24) is 4.98 Å². The molecular weight excluding hydrogens is 214 g/mol. The lowest BCUT2D eigenvalue weighted by molar-refractivity contribution is -0.186. The molecule has 0 amide bonds. The summed E-state index contributed by atoms with van der Waals surface area (Å²) in [6.07, 6.45) is 0.115. The number of aromatic nitrogens is 1. The van der Waals surface area contributed by atoms with Crippen LogP contribution in [-0.4, -0.2) is 16.9 Å². The van der Waals surface area contributed by atoms with Crippen LogP contribution in [0.3, 0.4) is 0 Å². The fraction of sp³-hybridized carbons (Fsp3) is 0.300. The second-order valence-corrected chi connectivity index (χ2v) is 3.01.